The minimum Gasteiger partial charge on any atom is -0.457 e. The molecule has 0 atom stereocenters. The lowest BCUT2D eigenvalue weighted by molar-refractivity contribution is 0.483. The molecular weight excluding hydrogens is 516 g/mol. The Hall–Kier alpha value is -5.68. The van der Waals surface area contributed by atoms with E-state index >= 15 is 0 Å². The largest absolute Gasteiger partial charge is 0.457 e. The van der Waals surface area contributed by atoms with E-state index < -0.39 is 0 Å². The fraction of sp³-hybridized carbons (Fsp3) is 0.0270. The molecule has 5 nitrogen and oxygen atoms in total. The van der Waals surface area contributed by atoms with E-state index in [-0.39, 0.29) is 0 Å². The number of ether oxygens (including phenoxy) is 1. The zero-order chi connectivity index (χ0) is 28.0. The summed E-state index contributed by atoms with van der Waals surface area (Å²) in [5.41, 5.74) is 7.24. The van der Waals surface area contributed by atoms with Gasteiger partial charge in [-0.15, -0.1) is 0 Å². The summed E-state index contributed by atoms with van der Waals surface area (Å²) in [7, 11) is 1.99. The monoisotopic (exact) mass is 542 g/mol. The Balaban J connectivity index is 1.37. The van der Waals surface area contributed by atoms with Gasteiger partial charge in [0, 0.05) is 46.9 Å². The second-order valence-electron chi connectivity index (χ2n) is 10.4. The molecule has 0 aliphatic carbocycles. The van der Waals surface area contributed by atoms with E-state index in [1.807, 2.05) is 54.2 Å². The maximum absolute atomic E-state index is 6.46. The third-order valence-electron chi connectivity index (χ3n) is 7.79. The summed E-state index contributed by atoms with van der Waals surface area (Å²) in [6, 6.07) is 43.8. The van der Waals surface area contributed by atoms with Crippen LogP contribution in [0.4, 0.5) is 0 Å². The molecule has 42 heavy (non-hydrogen) atoms. The van der Waals surface area contributed by atoms with E-state index in [0.717, 1.165) is 72.7 Å². The molecule has 5 aromatic carbocycles. The average Bonchev–Trinajstić information content (AvgIpc) is 3.66. The lowest BCUT2D eigenvalue weighted by atomic mass is 10.0. The molecular formula is C37H26N4O. The first-order chi connectivity index (χ1) is 20.7. The summed E-state index contributed by atoms with van der Waals surface area (Å²) < 4.78 is 10.8. The first-order valence-electron chi connectivity index (χ1n) is 14.0. The van der Waals surface area contributed by atoms with Crippen LogP contribution in [-0.2, 0) is 7.05 Å². The maximum Gasteiger partial charge on any atom is 0.146 e. The van der Waals surface area contributed by atoms with Crippen LogP contribution in [0.3, 0.4) is 0 Å². The van der Waals surface area contributed by atoms with Crippen LogP contribution in [0.2, 0.25) is 0 Å². The van der Waals surface area contributed by atoms with Gasteiger partial charge in [-0.1, -0.05) is 91.0 Å². The number of imidazole rings is 2. The second kappa shape index (κ2) is 9.75. The summed E-state index contributed by atoms with van der Waals surface area (Å²) >= 11 is 0. The Morgan fingerprint density at radius 2 is 1.31 bits per heavy atom. The zero-order valence-electron chi connectivity index (χ0n) is 23.0. The van der Waals surface area contributed by atoms with Crippen molar-refractivity contribution in [2.24, 2.45) is 7.05 Å². The van der Waals surface area contributed by atoms with Crippen molar-refractivity contribution >= 4 is 27.3 Å². The third kappa shape index (κ3) is 3.94. The zero-order valence-corrected chi connectivity index (χ0v) is 23.0. The number of pyridine rings is 1. The van der Waals surface area contributed by atoms with E-state index in [1.54, 1.807) is 6.20 Å². The summed E-state index contributed by atoms with van der Waals surface area (Å²) in [4.78, 5) is 9.83. The van der Waals surface area contributed by atoms with Gasteiger partial charge in [-0.2, -0.15) is 0 Å². The van der Waals surface area contributed by atoms with Gasteiger partial charge in [0.15, 0.2) is 0 Å². The molecule has 5 heteroatoms. The number of aryl methyl sites for hydroxylation is 1. The number of hydrogen-bond acceptors (Lipinski definition) is 3. The van der Waals surface area contributed by atoms with Crippen molar-refractivity contribution in [2.75, 3.05) is 0 Å². The van der Waals surface area contributed by atoms with E-state index in [2.05, 4.69) is 100 Å². The van der Waals surface area contributed by atoms with Crippen molar-refractivity contribution in [3.05, 3.63) is 140 Å². The van der Waals surface area contributed by atoms with Crippen molar-refractivity contribution in [3.8, 4) is 45.4 Å². The minimum absolute atomic E-state index is 0.752. The number of hydrogen-bond donors (Lipinski definition) is 0. The third-order valence-corrected chi connectivity index (χ3v) is 7.79. The van der Waals surface area contributed by atoms with Crippen LogP contribution in [-0.4, -0.2) is 18.9 Å². The van der Waals surface area contributed by atoms with Crippen molar-refractivity contribution in [1.29, 1.82) is 0 Å². The predicted octanol–water partition coefficient (Wildman–Crippen LogP) is 9.17. The van der Waals surface area contributed by atoms with E-state index in [1.165, 1.54) is 0 Å². The van der Waals surface area contributed by atoms with E-state index in [0.29, 0.717) is 0 Å². The second-order valence-corrected chi connectivity index (χ2v) is 10.4. The van der Waals surface area contributed by atoms with Gasteiger partial charge >= 0.3 is 0 Å². The van der Waals surface area contributed by atoms with Crippen molar-refractivity contribution in [2.45, 2.75) is 0 Å². The quantitative estimate of drug-likeness (QED) is 0.204. The van der Waals surface area contributed by atoms with Gasteiger partial charge in [0.1, 0.15) is 23.0 Å². The van der Waals surface area contributed by atoms with E-state index in [9.17, 15) is 0 Å². The van der Waals surface area contributed by atoms with Crippen LogP contribution in [0, 0.1) is 0 Å². The topological polar surface area (TPSA) is 44.4 Å². The number of benzene rings is 5. The molecule has 0 spiro atoms. The molecule has 0 radical (unpaired) electrons. The molecule has 0 saturated carbocycles. The molecule has 0 amide bonds. The minimum atomic E-state index is 0.752. The van der Waals surface area contributed by atoms with Crippen LogP contribution in [0.15, 0.2) is 140 Å². The van der Waals surface area contributed by atoms with Crippen molar-refractivity contribution in [1.82, 2.24) is 18.9 Å². The molecule has 8 rings (SSSR count). The molecule has 3 heterocycles. The average molecular weight is 543 g/mol. The highest BCUT2D eigenvalue weighted by Gasteiger charge is 2.21. The predicted molar refractivity (Wildman–Crippen MR) is 170 cm³/mol. The number of aromatic nitrogens is 4. The molecule has 0 aliphatic heterocycles. The highest BCUT2D eigenvalue weighted by atomic mass is 16.5. The van der Waals surface area contributed by atoms with E-state index in [4.69, 9.17) is 9.72 Å². The Bertz CT molecular complexity index is 2230. The molecule has 0 bridgehead atoms. The number of nitrogens with zero attached hydrogens (tertiary/aromatic N) is 4. The lowest BCUT2D eigenvalue weighted by Crippen LogP contribution is -1.95. The Morgan fingerprint density at radius 1 is 0.595 bits per heavy atom. The fourth-order valence-electron chi connectivity index (χ4n) is 5.88. The summed E-state index contributed by atoms with van der Waals surface area (Å²) in [5.74, 6) is 2.40. The van der Waals surface area contributed by atoms with Gasteiger partial charge in [0.05, 0.1) is 16.9 Å². The summed E-state index contributed by atoms with van der Waals surface area (Å²) in [6.45, 7) is 0. The van der Waals surface area contributed by atoms with Crippen LogP contribution >= 0.6 is 0 Å². The van der Waals surface area contributed by atoms with Crippen molar-refractivity contribution < 1.29 is 4.74 Å². The van der Waals surface area contributed by atoms with Gasteiger partial charge in [-0.3, -0.25) is 4.40 Å². The van der Waals surface area contributed by atoms with Crippen LogP contribution in [0.5, 0.6) is 11.5 Å². The normalized spacial score (nSPS) is 11.5. The molecule has 8 aromatic rings. The highest BCUT2D eigenvalue weighted by Crippen LogP contribution is 2.40. The van der Waals surface area contributed by atoms with Gasteiger partial charge < -0.3 is 9.30 Å². The Labute approximate surface area is 242 Å². The highest BCUT2D eigenvalue weighted by molar-refractivity contribution is 6.13. The van der Waals surface area contributed by atoms with Crippen LogP contribution in [0.25, 0.3) is 61.2 Å². The van der Waals surface area contributed by atoms with Gasteiger partial charge in [0.2, 0.25) is 0 Å². The molecule has 0 fully saturated rings. The molecule has 0 saturated heterocycles. The SMILES string of the molecule is Cn1ccnc1-c1cccc(Oc2ccc3c4ccccc4n4c(-c5ccccc5)c(-c5ccccc5)nc4c3c2)c1. The fourth-order valence-corrected chi connectivity index (χ4v) is 5.88. The molecule has 0 aliphatic rings. The van der Waals surface area contributed by atoms with Crippen LogP contribution in [0.1, 0.15) is 0 Å². The smallest absolute Gasteiger partial charge is 0.146 e. The van der Waals surface area contributed by atoms with Crippen LogP contribution < -0.4 is 4.74 Å². The lowest BCUT2D eigenvalue weighted by Gasteiger charge is -2.13. The summed E-state index contributed by atoms with van der Waals surface area (Å²) in [6.07, 6.45) is 3.75. The maximum atomic E-state index is 6.46. The number of para-hydroxylation sites is 1. The molecule has 0 unspecified atom stereocenters. The Kier molecular flexibility index (Phi) is 5.61. The van der Waals surface area contributed by atoms with Gasteiger partial charge in [0.25, 0.3) is 0 Å². The molecule has 3 aromatic heterocycles. The van der Waals surface area contributed by atoms with Gasteiger partial charge in [-0.25, -0.2) is 9.97 Å². The van der Waals surface area contributed by atoms with Gasteiger partial charge in [-0.05, 0) is 41.8 Å². The van der Waals surface area contributed by atoms with Crippen molar-refractivity contribution in [3.63, 3.8) is 0 Å². The first kappa shape index (κ1) is 24.1. The summed E-state index contributed by atoms with van der Waals surface area (Å²) in [5, 5.41) is 3.33. The first-order valence-corrected chi connectivity index (χ1v) is 14.0. The molecule has 0 N–H and O–H groups in total. The molecule has 200 valence electrons. The number of fused-ring (bicyclic) bond motifs is 6. The number of rotatable bonds is 5. The Morgan fingerprint density at radius 3 is 2.10 bits per heavy atom. The standard InChI is InChI=1S/C37H26N4O/c1-40-22-21-38-36(40)27-15-10-16-28(23-27)42-29-19-20-30-31-17-8-9-18-33(31)41-35(26-13-6-3-7-14-26)34(25-11-4-2-5-12-25)39-37(41)32(30)24-29/h2-24H,1H3.